The number of hydrogen-bond acceptors (Lipinski definition) is 2. The molecule has 0 spiro atoms. The van der Waals surface area contributed by atoms with Crippen molar-refractivity contribution in [3.8, 4) is 28.3 Å². The minimum Gasteiger partial charge on any atom is -0.436 e. The molecule has 0 bridgehead atoms. The lowest BCUT2D eigenvalue weighted by molar-refractivity contribution is 0.620. The molecule has 7 rings (SSSR count). The molecule has 1 atom stereocenters. The summed E-state index contributed by atoms with van der Waals surface area (Å²) in [5.74, 6) is 1.22. The van der Waals surface area contributed by atoms with E-state index in [1.165, 1.54) is 44.2 Å². The van der Waals surface area contributed by atoms with Gasteiger partial charge in [-0.25, -0.2) is 4.98 Å². The van der Waals surface area contributed by atoms with E-state index < -0.39 is 0 Å². The molecule has 3 nitrogen and oxygen atoms in total. The molecular weight excluding hydrogens is 464 g/mol. The maximum atomic E-state index is 5.96. The van der Waals surface area contributed by atoms with Gasteiger partial charge in [0.2, 0.25) is 5.89 Å². The van der Waals surface area contributed by atoms with Gasteiger partial charge in [-0.1, -0.05) is 74.5 Å². The van der Waals surface area contributed by atoms with Crippen molar-refractivity contribution in [1.82, 2.24) is 9.55 Å². The Labute approximate surface area is 222 Å². The number of oxazole rings is 1. The summed E-state index contributed by atoms with van der Waals surface area (Å²) in [5, 5.41) is 2.52. The fourth-order valence-corrected chi connectivity index (χ4v) is 5.42. The zero-order valence-electron chi connectivity index (χ0n) is 21.6. The highest BCUT2D eigenvalue weighted by Crippen LogP contribution is 2.36. The Morgan fingerprint density at radius 3 is 2.16 bits per heavy atom. The SMILES string of the molecule is CCC(C)c1ccc(-n2c3ccccc3c3cc(-c4ccc(-c5nc6ccccc6o5)cc4)ccc32)cc1. The second kappa shape index (κ2) is 9.04. The summed E-state index contributed by atoms with van der Waals surface area (Å²) in [6, 6.07) is 40.9. The molecule has 0 aliphatic rings. The Hall–Kier alpha value is -4.63. The number of fused-ring (bicyclic) bond motifs is 4. The average Bonchev–Trinajstić information content (AvgIpc) is 3.56. The molecule has 184 valence electrons. The third-order valence-corrected chi connectivity index (χ3v) is 7.76. The van der Waals surface area contributed by atoms with E-state index >= 15 is 0 Å². The van der Waals surface area contributed by atoms with Crippen molar-refractivity contribution in [2.75, 3.05) is 0 Å². The van der Waals surface area contributed by atoms with Crippen LogP contribution in [-0.4, -0.2) is 9.55 Å². The van der Waals surface area contributed by atoms with Crippen LogP contribution in [0, 0.1) is 0 Å². The molecule has 0 saturated carbocycles. The number of nitrogens with zero attached hydrogens (tertiary/aromatic N) is 2. The summed E-state index contributed by atoms with van der Waals surface area (Å²) in [6.45, 7) is 4.53. The van der Waals surface area contributed by atoms with Crippen molar-refractivity contribution in [3.05, 3.63) is 121 Å². The highest BCUT2D eigenvalue weighted by molar-refractivity contribution is 6.10. The molecule has 0 aliphatic carbocycles. The quantitative estimate of drug-likeness (QED) is 0.239. The van der Waals surface area contributed by atoms with E-state index in [0.717, 1.165) is 23.1 Å². The van der Waals surface area contributed by atoms with Gasteiger partial charge >= 0.3 is 0 Å². The third kappa shape index (κ3) is 3.71. The van der Waals surface area contributed by atoms with Crippen LogP contribution in [0.25, 0.3) is 61.2 Å². The van der Waals surface area contributed by atoms with Crippen LogP contribution in [0.3, 0.4) is 0 Å². The van der Waals surface area contributed by atoms with Crippen LogP contribution in [0.4, 0.5) is 0 Å². The van der Waals surface area contributed by atoms with Gasteiger partial charge in [-0.05, 0) is 83.6 Å². The average molecular weight is 493 g/mol. The smallest absolute Gasteiger partial charge is 0.227 e. The predicted molar refractivity (Wildman–Crippen MR) is 158 cm³/mol. The summed E-state index contributed by atoms with van der Waals surface area (Å²) in [4.78, 5) is 4.64. The molecule has 3 heteroatoms. The van der Waals surface area contributed by atoms with Crippen LogP contribution in [0.15, 0.2) is 120 Å². The topological polar surface area (TPSA) is 31.0 Å². The lowest BCUT2D eigenvalue weighted by Gasteiger charge is -2.12. The molecule has 1 unspecified atom stereocenters. The lowest BCUT2D eigenvalue weighted by atomic mass is 9.98. The van der Waals surface area contributed by atoms with E-state index in [2.05, 4.69) is 114 Å². The summed E-state index contributed by atoms with van der Waals surface area (Å²) in [5.41, 5.74) is 10.0. The fourth-order valence-electron chi connectivity index (χ4n) is 5.42. The Balaban J connectivity index is 1.30. The van der Waals surface area contributed by atoms with Crippen molar-refractivity contribution in [1.29, 1.82) is 0 Å². The van der Waals surface area contributed by atoms with E-state index in [-0.39, 0.29) is 0 Å². The lowest BCUT2D eigenvalue weighted by Crippen LogP contribution is -1.96. The molecule has 0 aliphatic heterocycles. The van der Waals surface area contributed by atoms with Gasteiger partial charge in [-0.2, -0.15) is 0 Å². The zero-order valence-corrected chi connectivity index (χ0v) is 21.6. The highest BCUT2D eigenvalue weighted by atomic mass is 16.3. The minimum absolute atomic E-state index is 0.568. The largest absolute Gasteiger partial charge is 0.436 e. The van der Waals surface area contributed by atoms with Crippen molar-refractivity contribution in [3.63, 3.8) is 0 Å². The first-order chi connectivity index (χ1) is 18.7. The van der Waals surface area contributed by atoms with Crippen molar-refractivity contribution in [2.24, 2.45) is 0 Å². The first kappa shape index (κ1) is 22.6. The van der Waals surface area contributed by atoms with E-state index in [1.807, 2.05) is 24.3 Å². The van der Waals surface area contributed by atoms with Crippen molar-refractivity contribution in [2.45, 2.75) is 26.2 Å². The highest BCUT2D eigenvalue weighted by Gasteiger charge is 2.14. The molecule has 0 radical (unpaired) electrons. The first-order valence-electron chi connectivity index (χ1n) is 13.3. The number of aromatic nitrogens is 2. The second-order valence-electron chi connectivity index (χ2n) is 10.0. The van der Waals surface area contributed by atoms with Gasteiger partial charge in [0, 0.05) is 22.0 Å². The monoisotopic (exact) mass is 492 g/mol. The molecular formula is C35H28N2O. The first-order valence-corrected chi connectivity index (χ1v) is 13.3. The molecule has 38 heavy (non-hydrogen) atoms. The molecule has 2 aromatic heterocycles. The standard InChI is InChI=1S/C35H28N2O/c1-3-23(2)24-16-19-28(20-17-24)37-32-10-6-4-8-29(32)30-22-27(18-21-33(30)37)25-12-14-26(15-13-25)35-36-31-9-5-7-11-34(31)38-35/h4-23H,3H2,1-2H3. The van der Waals surface area contributed by atoms with E-state index in [1.54, 1.807) is 0 Å². The fraction of sp³-hybridized carbons (Fsp3) is 0.114. The normalized spacial score (nSPS) is 12.5. The summed E-state index contributed by atoms with van der Waals surface area (Å²) in [6.07, 6.45) is 1.15. The Kier molecular flexibility index (Phi) is 5.36. The van der Waals surface area contributed by atoms with Crippen LogP contribution < -0.4 is 0 Å². The molecule has 0 fully saturated rings. The van der Waals surface area contributed by atoms with Gasteiger partial charge in [0.1, 0.15) is 5.52 Å². The van der Waals surface area contributed by atoms with Crippen LogP contribution in [0.2, 0.25) is 0 Å². The Morgan fingerprint density at radius 2 is 1.37 bits per heavy atom. The third-order valence-electron chi connectivity index (χ3n) is 7.76. The Bertz CT molecular complexity index is 1870. The summed E-state index contributed by atoms with van der Waals surface area (Å²) < 4.78 is 8.34. The second-order valence-corrected chi connectivity index (χ2v) is 10.0. The Morgan fingerprint density at radius 1 is 0.684 bits per heavy atom. The molecule has 7 aromatic rings. The van der Waals surface area contributed by atoms with Gasteiger partial charge in [-0.15, -0.1) is 0 Å². The van der Waals surface area contributed by atoms with E-state index in [9.17, 15) is 0 Å². The molecule has 0 amide bonds. The van der Waals surface area contributed by atoms with Crippen LogP contribution in [0.1, 0.15) is 31.7 Å². The summed E-state index contributed by atoms with van der Waals surface area (Å²) in [7, 11) is 0. The zero-order chi connectivity index (χ0) is 25.6. The maximum Gasteiger partial charge on any atom is 0.227 e. The summed E-state index contributed by atoms with van der Waals surface area (Å²) >= 11 is 0. The maximum absolute atomic E-state index is 5.96. The molecule has 0 N–H and O–H groups in total. The van der Waals surface area contributed by atoms with Gasteiger partial charge in [0.05, 0.1) is 11.0 Å². The van der Waals surface area contributed by atoms with Crippen molar-refractivity contribution >= 4 is 32.9 Å². The van der Waals surface area contributed by atoms with Crippen molar-refractivity contribution < 1.29 is 4.42 Å². The number of para-hydroxylation sites is 3. The predicted octanol–water partition coefficient (Wildman–Crippen LogP) is 9.77. The van der Waals surface area contributed by atoms with Gasteiger partial charge in [0.15, 0.2) is 5.58 Å². The number of hydrogen-bond donors (Lipinski definition) is 0. The van der Waals surface area contributed by atoms with Crippen LogP contribution in [0.5, 0.6) is 0 Å². The molecule has 0 saturated heterocycles. The van der Waals surface area contributed by atoms with E-state index in [0.29, 0.717) is 11.8 Å². The molecule has 5 aromatic carbocycles. The van der Waals surface area contributed by atoms with Crippen LogP contribution in [-0.2, 0) is 0 Å². The van der Waals surface area contributed by atoms with Crippen LogP contribution >= 0.6 is 0 Å². The molecule has 2 heterocycles. The van der Waals surface area contributed by atoms with Gasteiger partial charge in [0.25, 0.3) is 0 Å². The number of benzene rings is 5. The van der Waals surface area contributed by atoms with Gasteiger partial charge < -0.3 is 8.98 Å². The van der Waals surface area contributed by atoms with E-state index in [4.69, 9.17) is 4.42 Å². The minimum atomic E-state index is 0.568. The van der Waals surface area contributed by atoms with Gasteiger partial charge in [-0.3, -0.25) is 0 Å². The number of rotatable bonds is 5.